The summed E-state index contributed by atoms with van der Waals surface area (Å²) in [6, 6.07) is 0. The van der Waals surface area contributed by atoms with Gasteiger partial charge in [0, 0.05) is 6.42 Å². The van der Waals surface area contributed by atoms with E-state index in [0.717, 1.165) is 0 Å². The van der Waals surface area contributed by atoms with Crippen LogP contribution in [0.5, 0.6) is 0 Å². The van der Waals surface area contributed by atoms with Crippen molar-refractivity contribution < 1.29 is 14.3 Å². The number of hydrogen-bond donors (Lipinski definition) is 0. The van der Waals surface area contributed by atoms with Crippen LogP contribution >= 0.6 is 0 Å². The molecule has 0 spiro atoms. The van der Waals surface area contributed by atoms with Gasteiger partial charge in [-0.3, -0.25) is 4.79 Å². The van der Waals surface area contributed by atoms with E-state index < -0.39 is 6.09 Å². The minimum atomic E-state index is -0.491. The van der Waals surface area contributed by atoms with Gasteiger partial charge in [-0.25, -0.2) is 9.69 Å². The van der Waals surface area contributed by atoms with Crippen LogP contribution in [0.3, 0.4) is 0 Å². The van der Waals surface area contributed by atoms with Crippen molar-refractivity contribution in [3.63, 3.8) is 0 Å². The second-order valence-corrected chi connectivity index (χ2v) is 4.94. The number of hydrogen-bond acceptors (Lipinski definition) is 3. The maximum absolute atomic E-state index is 11.8. The Hall–Kier alpha value is -1.06. The van der Waals surface area contributed by atoms with Crippen LogP contribution in [0.15, 0.2) is 0 Å². The molecule has 0 aromatic heterocycles. The van der Waals surface area contributed by atoms with Gasteiger partial charge in [-0.15, -0.1) is 0 Å². The third-order valence-corrected chi connectivity index (χ3v) is 3.51. The Morgan fingerprint density at radius 2 is 2.00 bits per heavy atom. The lowest BCUT2D eigenvalue weighted by molar-refractivity contribution is -0.129. The summed E-state index contributed by atoms with van der Waals surface area (Å²) in [7, 11) is 0. The number of imide groups is 1. The summed E-state index contributed by atoms with van der Waals surface area (Å²) in [5, 5.41) is 0. The van der Waals surface area contributed by atoms with Crippen molar-refractivity contribution >= 4 is 12.0 Å². The maximum Gasteiger partial charge on any atom is 0.416 e. The van der Waals surface area contributed by atoms with E-state index in [4.69, 9.17) is 4.74 Å². The number of cyclic esters (lactones) is 1. The lowest BCUT2D eigenvalue weighted by Gasteiger charge is -2.24. The molecule has 1 aliphatic heterocycles. The summed E-state index contributed by atoms with van der Waals surface area (Å²) >= 11 is 0. The first kappa shape index (κ1) is 13.0. The van der Waals surface area contributed by atoms with Crippen LogP contribution in [-0.2, 0) is 9.53 Å². The molecule has 0 bridgehead atoms. The minimum absolute atomic E-state index is 0.109. The number of amides is 2. The van der Waals surface area contributed by atoms with Crippen molar-refractivity contribution in [1.29, 1.82) is 0 Å². The number of rotatable bonds is 4. The van der Waals surface area contributed by atoms with E-state index in [1.807, 2.05) is 0 Å². The van der Waals surface area contributed by atoms with Crippen molar-refractivity contribution in [2.24, 2.45) is 17.8 Å². The van der Waals surface area contributed by atoms with E-state index in [0.29, 0.717) is 37.3 Å². The van der Waals surface area contributed by atoms with E-state index >= 15 is 0 Å². The molecule has 0 radical (unpaired) electrons. The van der Waals surface area contributed by atoms with Gasteiger partial charge in [-0.1, -0.05) is 27.7 Å². The summed E-state index contributed by atoms with van der Waals surface area (Å²) in [5.74, 6) is 1.21. The van der Waals surface area contributed by atoms with Gasteiger partial charge in [0.15, 0.2) is 0 Å². The Morgan fingerprint density at radius 1 is 1.38 bits per heavy atom. The third kappa shape index (κ3) is 2.97. The molecular weight excluding hydrogens is 206 g/mol. The molecule has 0 aliphatic carbocycles. The number of carbonyl (C=O) groups excluding carboxylic acids is 2. The predicted octanol–water partition coefficient (Wildman–Crippen LogP) is 2.28. The highest BCUT2D eigenvalue weighted by molar-refractivity contribution is 5.93. The van der Waals surface area contributed by atoms with Crippen molar-refractivity contribution in [3.8, 4) is 0 Å². The fourth-order valence-corrected chi connectivity index (χ4v) is 1.85. The Morgan fingerprint density at radius 3 is 2.44 bits per heavy atom. The summed E-state index contributed by atoms with van der Waals surface area (Å²) < 4.78 is 4.74. The van der Waals surface area contributed by atoms with Gasteiger partial charge in [0.2, 0.25) is 5.91 Å². The van der Waals surface area contributed by atoms with Crippen molar-refractivity contribution in [2.75, 3.05) is 13.2 Å². The number of carbonyl (C=O) groups is 2. The second kappa shape index (κ2) is 5.32. The molecule has 1 aliphatic rings. The van der Waals surface area contributed by atoms with Gasteiger partial charge >= 0.3 is 6.09 Å². The molecule has 4 nitrogen and oxygen atoms in total. The van der Waals surface area contributed by atoms with Gasteiger partial charge < -0.3 is 4.74 Å². The van der Waals surface area contributed by atoms with E-state index in [-0.39, 0.29) is 5.91 Å². The van der Waals surface area contributed by atoms with Crippen LogP contribution in [0.2, 0.25) is 0 Å². The maximum atomic E-state index is 11.8. The molecular formula is C12H21NO3. The SMILES string of the molecule is CC(C)[C@H](C)[C@H](C)CC(=O)N1CCOC1=O. The average molecular weight is 227 g/mol. The molecule has 1 saturated heterocycles. The zero-order chi connectivity index (χ0) is 12.3. The summed E-state index contributed by atoms with van der Waals surface area (Å²) in [6.45, 7) is 9.24. The number of ether oxygens (including phenoxy) is 1. The fraction of sp³-hybridized carbons (Fsp3) is 0.833. The van der Waals surface area contributed by atoms with Gasteiger partial charge in [-0.05, 0) is 17.8 Å². The summed E-state index contributed by atoms with van der Waals surface area (Å²) in [5.41, 5.74) is 0. The smallest absolute Gasteiger partial charge is 0.416 e. The molecule has 92 valence electrons. The van der Waals surface area contributed by atoms with E-state index in [9.17, 15) is 9.59 Å². The lowest BCUT2D eigenvalue weighted by Crippen LogP contribution is -2.33. The van der Waals surface area contributed by atoms with Crippen LogP contribution in [-0.4, -0.2) is 30.1 Å². The normalized spacial score (nSPS) is 19.8. The lowest BCUT2D eigenvalue weighted by atomic mass is 9.84. The first-order valence-electron chi connectivity index (χ1n) is 5.90. The highest BCUT2D eigenvalue weighted by Crippen LogP contribution is 2.24. The zero-order valence-electron chi connectivity index (χ0n) is 10.5. The molecule has 0 saturated carbocycles. The average Bonchev–Trinajstić information content (AvgIpc) is 2.62. The van der Waals surface area contributed by atoms with Gasteiger partial charge in [0.25, 0.3) is 0 Å². The van der Waals surface area contributed by atoms with Crippen LogP contribution < -0.4 is 0 Å². The Bertz CT molecular complexity index is 275. The topological polar surface area (TPSA) is 46.6 Å². The molecule has 16 heavy (non-hydrogen) atoms. The highest BCUT2D eigenvalue weighted by Gasteiger charge is 2.30. The Kier molecular flexibility index (Phi) is 4.33. The molecule has 1 rings (SSSR count). The molecule has 1 heterocycles. The molecule has 0 N–H and O–H groups in total. The molecule has 1 fully saturated rings. The summed E-state index contributed by atoms with van der Waals surface area (Å²) in [6.07, 6.45) is -0.0662. The quantitative estimate of drug-likeness (QED) is 0.740. The number of nitrogens with zero attached hydrogens (tertiary/aromatic N) is 1. The molecule has 2 atom stereocenters. The first-order valence-corrected chi connectivity index (χ1v) is 5.90. The molecule has 0 aromatic rings. The van der Waals surface area contributed by atoms with Crippen LogP contribution in [0.4, 0.5) is 4.79 Å². The standard InChI is InChI=1S/C12H21NO3/c1-8(2)10(4)9(3)7-11(14)13-5-6-16-12(13)15/h8-10H,5-7H2,1-4H3/t9-,10+/m1/s1. The van der Waals surface area contributed by atoms with E-state index in [1.165, 1.54) is 4.90 Å². The molecule has 2 amide bonds. The molecule has 0 unspecified atom stereocenters. The minimum Gasteiger partial charge on any atom is -0.447 e. The van der Waals surface area contributed by atoms with Crippen LogP contribution in [0, 0.1) is 17.8 Å². The highest BCUT2D eigenvalue weighted by atomic mass is 16.6. The van der Waals surface area contributed by atoms with Crippen molar-refractivity contribution in [3.05, 3.63) is 0 Å². The van der Waals surface area contributed by atoms with Crippen LogP contribution in [0.25, 0.3) is 0 Å². The van der Waals surface area contributed by atoms with E-state index in [1.54, 1.807) is 0 Å². The first-order chi connectivity index (χ1) is 7.43. The van der Waals surface area contributed by atoms with Gasteiger partial charge in [-0.2, -0.15) is 0 Å². The Balaban J connectivity index is 2.47. The van der Waals surface area contributed by atoms with Crippen molar-refractivity contribution in [2.45, 2.75) is 34.1 Å². The van der Waals surface area contributed by atoms with Gasteiger partial charge in [0.1, 0.15) is 6.61 Å². The zero-order valence-corrected chi connectivity index (χ0v) is 10.5. The third-order valence-electron chi connectivity index (χ3n) is 3.51. The Labute approximate surface area is 96.9 Å². The van der Waals surface area contributed by atoms with Crippen molar-refractivity contribution in [1.82, 2.24) is 4.90 Å². The predicted molar refractivity (Wildman–Crippen MR) is 60.8 cm³/mol. The van der Waals surface area contributed by atoms with E-state index in [2.05, 4.69) is 27.7 Å². The van der Waals surface area contributed by atoms with Gasteiger partial charge in [0.05, 0.1) is 6.54 Å². The largest absolute Gasteiger partial charge is 0.447 e. The fourth-order valence-electron chi connectivity index (χ4n) is 1.85. The molecule has 4 heteroatoms. The van der Waals surface area contributed by atoms with Crippen LogP contribution in [0.1, 0.15) is 34.1 Å². The second-order valence-electron chi connectivity index (χ2n) is 4.94. The summed E-state index contributed by atoms with van der Waals surface area (Å²) in [4.78, 5) is 24.2. The monoisotopic (exact) mass is 227 g/mol. The molecule has 0 aromatic carbocycles.